The summed E-state index contributed by atoms with van der Waals surface area (Å²) in [6.45, 7) is 1.38. The number of benzene rings is 3. The van der Waals surface area contributed by atoms with Gasteiger partial charge in [0.25, 0.3) is 5.91 Å². The van der Waals surface area contributed by atoms with Crippen LogP contribution in [-0.4, -0.2) is 33.9 Å². The van der Waals surface area contributed by atoms with Crippen LogP contribution in [0.25, 0.3) is 22.2 Å². The summed E-state index contributed by atoms with van der Waals surface area (Å²) in [5, 5.41) is 0. The predicted octanol–water partition coefficient (Wildman–Crippen LogP) is 5.39. The average Bonchev–Trinajstić information content (AvgIpc) is 3.23. The van der Waals surface area contributed by atoms with Crippen molar-refractivity contribution < 1.29 is 9.18 Å². The van der Waals surface area contributed by atoms with Gasteiger partial charge in [0.15, 0.2) is 0 Å². The van der Waals surface area contributed by atoms with Gasteiger partial charge in [-0.05, 0) is 54.3 Å². The number of fused-ring (bicyclic) bond motifs is 1. The summed E-state index contributed by atoms with van der Waals surface area (Å²) >= 11 is 0. The standard InChI is InChI=1S/C25H22FN3O/c26-21-10-11-22-23(16-21)28-24(27-22)19-12-14-29(15-13-19)25(30)20-8-6-18(7-9-20)17-4-2-1-3-5-17/h1-11,16,19H,12-15H2,(H,27,28). The van der Waals surface area contributed by atoms with Crippen molar-refractivity contribution in [1.82, 2.24) is 14.9 Å². The molecule has 5 rings (SSSR count). The molecule has 3 aromatic carbocycles. The Morgan fingerprint density at radius 2 is 1.63 bits per heavy atom. The molecule has 30 heavy (non-hydrogen) atoms. The molecule has 4 aromatic rings. The lowest BCUT2D eigenvalue weighted by Crippen LogP contribution is -2.38. The molecule has 0 atom stereocenters. The van der Waals surface area contributed by atoms with E-state index in [1.54, 1.807) is 6.07 Å². The van der Waals surface area contributed by atoms with Crippen LogP contribution in [-0.2, 0) is 0 Å². The van der Waals surface area contributed by atoms with E-state index >= 15 is 0 Å². The summed E-state index contributed by atoms with van der Waals surface area (Å²) in [5.41, 5.74) is 4.47. The number of hydrogen-bond donors (Lipinski definition) is 1. The highest BCUT2D eigenvalue weighted by atomic mass is 19.1. The maximum Gasteiger partial charge on any atom is 0.253 e. The largest absolute Gasteiger partial charge is 0.342 e. The quantitative estimate of drug-likeness (QED) is 0.502. The number of aromatic amines is 1. The number of likely N-dealkylation sites (tertiary alicyclic amines) is 1. The van der Waals surface area contributed by atoms with Gasteiger partial charge in [-0.2, -0.15) is 0 Å². The zero-order valence-corrected chi connectivity index (χ0v) is 16.5. The molecule has 0 saturated carbocycles. The molecule has 1 N–H and O–H groups in total. The van der Waals surface area contributed by atoms with Crippen molar-refractivity contribution in [1.29, 1.82) is 0 Å². The van der Waals surface area contributed by atoms with E-state index in [-0.39, 0.29) is 17.6 Å². The van der Waals surface area contributed by atoms with Gasteiger partial charge in [0.05, 0.1) is 11.0 Å². The molecule has 1 aliphatic rings. The minimum atomic E-state index is -0.267. The van der Waals surface area contributed by atoms with Crippen LogP contribution < -0.4 is 0 Å². The highest BCUT2D eigenvalue weighted by molar-refractivity contribution is 5.94. The van der Waals surface area contributed by atoms with Crippen LogP contribution in [0.1, 0.15) is 34.9 Å². The van der Waals surface area contributed by atoms with Crippen LogP contribution in [0, 0.1) is 5.82 Å². The molecular formula is C25H22FN3O. The van der Waals surface area contributed by atoms with E-state index < -0.39 is 0 Å². The van der Waals surface area contributed by atoms with E-state index in [1.165, 1.54) is 12.1 Å². The van der Waals surface area contributed by atoms with Crippen LogP contribution in [0.2, 0.25) is 0 Å². The third-order valence-corrected chi connectivity index (χ3v) is 5.87. The number of carbonyl (C=O) groups excluding carboxylic acids is 1. The van der Waals surface area contributed by atoms with Gasteiger partial charge in [0.1, 0.15) is 11.6 Å². The molecule has 1 amide bonds. The van der Waals surface area contributed by atoms with Crippen molar-refractivity contribution in [2.45, 2.75) is 18.8 Å². The lowest BCUT2D eigenvalue weighted by atomic mass is 9.95. The van der Waals surface area contributed by atoms with Crippen molar-refractivity contribution in [3.63, 3.8) is 0 Å². The van der Waals surface area contributed by atoms with Crippen molar-refractivity contribution in [3.05, 3.63) is 90.0 Å². The molecule has 0 bridgehead atoms. The molecule has 150 valence electrons. The van der Waals surface area contributed by atoms with E-state index in [0.29, 0.717) is 18.7 Å². The van der Waals surface area contributed by atoms with E-state index in [0.717, 1.165) is 40.8 Å². The minimum Gasteiger partial charge on any atom is -0.342 e. The Bertz CT molecular complexity index is 1180. The highest BCUT2D eigenvalue weighted by Crippen LogP contribution is 2.29. The number of nitrogens with zero attached hydrogens (tertiary/aromatic N) is 2. The first-order valence-corrected chi connectivity index (χ1v) is 10.3. The molecule has 0 unspecified atom stereocenters. The lowest BCUT2D eigenvalue weighted by Gasteiger charge is -2.31. The molecule has 4 nitrogen and oxygen atoms in total. The van der Waals surface area contributed by atoms with E-state index in [2.05, 4.69) is 22.1 Å². The van der Waals surface area contributed by atoms with Crippen molar-refractivity contribution >= 4 is 16.9 Å². The smallest absolute Gasteiger partial charge is 0.253 e. The third kappa shape index (κ3) is 3.59. The SMILES string of the molecule is O=C(c1ccc(-c2ccccc2)cc1)N1CCC(c2nc3ccc(F)cc3[nH]2)CC1. The molecule has 2 heterocycles. The number of nitrogens with one attached hydrogen (secondary N) is 1. The van der Waals surface area contributed by atoms with Gasteiger partial charge >= 0.3 is 0 Å². The second kappa shape index (κ2) is 7.75. The van der Waals surface area contributed by atoms with E-state index in [4.69, 9.17) is 0 Å². The topological polar surface area (TPSA) is 49.0 Å². The van der Waals surface area contributed by atoms with Gasteiger partial charge in [-0.3, -0.25) is 4.79 Å². The van der Waals surface area contributed by atoms with E-state index in [9.17, 15) is 9.18 Å². The van der Waals surface area contributed by atoms with Crippen LogP contribution >= 0.6 is 0 Å². The first kappa shape index (κ1) is 18.6. The fraction of sp³-hybridized carbons (Fsp3) is 0.200. The molecular weight excluding hydrogens is 377 g/mol. The molecule has 0 spiro atoms. The van der Waals surface area contributed by atoms with Gasteiger partial charge in [0, 0.05) is 24.6 Å². The Hall–Kier alpha value is -3.47. The van der Waals surface area contributed by atoms with Gasteiger partial charge in [-0.15, -0.1) is 0 Å². The number of hydrogen-bond acceptors (Lipinski definition) is 2. The fourth-order valence-electron chi connectivity index (χ4n) is 4.17. The summed E-state index contributed by atoms with van der Waals surface area (Å²) in [5.74, 6) is 0.941. The highest BCUT2D eigenvalue weighted by Gasteiger charge is 2.26. The number of aromatic nitrogens is 2. The number of carbonyl (C=O) groups is 1. The zero-order valence-electron chi connectivity index (χ0n) is 16.5. The van der Waals surface area contributed by atoms with Crippen LogP contribution in [0.5, 0.6) is 0 Å². The van der Waals surface area contributed by atoms with Gasteiger partial charge in [0.2, 0.25) is 0 Å². The molecule has 0 aliphatic carbocycles. The Labute approximate surface area is 174 Å². The number of amides is 1. The maximum atomic E-state index is 13.4. The van der Waals surface area contributed by atoms with Gasteiger partial charge in [-0.1, -0.05) is 42.5 Å². The summed E-state index contributed by atoms with van der Waals surface area (Å²) < 4.78 is 13.4. The van der Waals surface area contributed by atoms with Crippen LogP contribution in [0.15, 0.2) is 72.8 Å². The first-order valence-electron chi connectivity index (χ1n) is 10.3. The Morgan fingerprint density at radius 1 is 0.933 bits per heavy atom. The fourth-order valence-corrected chi connectivity index (χ4v) is 4.17. The summed E-state index contributed by atoms with van der Waals surface area (Å²) in [7, 11) is 0. The van der Waals surface area contributed by atoms with Crippen LogP contribution in [0.4, 0.5) is 4.39 Å². The van der Waals surface area contributed by atoms with E-state index in [1.807, 2.05) is 47.4 Å². The third-order valence-electron chi connectivity index (χ3n) is 5.87. The second-order valence-corrected chi connectivity index (χ2v) is 7.79. The van der Waals surface area contributed by atoms with Crippen molar-refractivity contribution in [2.75, 3.05) is 13.1 Å². The first-order chi connectivity index (χ1) is 14.7. The molecule has 0 radical (unpaired) electrons. The molecule has 1 aromatic heterocycles. The number of piperidine rings is 1. The monoisotopic (exact) mass is 399 g/mol. The van der Waals surface area contributed by atoms with Crippen molar-refractivity contribution in [3.8, 4) is 11.1 Å². The lowest BCUT2D eigenvalue weighted by molar-refractivity contribution is 0.0711. The molecule has 1 aliphatic heterocycles. The number of rotatable bonds is 3. The molecule has 5 heteroatoms. The summed E-state index contributed by atoms with van der Waals surface area (Å²) in [6.07, 6.45) is 1.69. The number of imidazole rings is 1. The number of H-pyrrole nitrogens is 1. The molecule has 1 fully saturated rings. The second-order valence-electron chi connectivity index (χ2n) is 7.79. The predicted molar refractivity (Wildman–Crippen MR) is 116 cm³/mol. The van der Waals surface area contributed by atoms with Gasteiger partial charge in [-0.25, -0.2) is 9.37 Å². The average molecular weight is 399 g/mol. The molecule has 1 saturated heterocycles. The van der Waals surface area contributed by atoms with Crippen LogP contribution in [0.3, 0.4) is 0 Å². The maximum absolute atomic E-state index is 13.4. The Balaban J connectivity index is 1.25. The Morgan fingerprint density at radius 3 is 2.37 bits per heavy atom. The van der Waals surface area contributed by atoms with Gasteiger partial charge < -0.3 is 9.88 Å². The summed E-state index contributed by atoms with van der Waals surface area (Å²) in [6, 6.07) is 22.6. The van der Waals surface area contributed by atoms with Crippen molar-refractivity contribution in [2.24, 2.45) is 0 Å². The Kier molecular flexibility index (Phi) is 4.79. The zero-order chi connectivity index (χ0) is 20.5. The normalized spacial score (nSPS) is 14.9. The number of halogens is 1. The minimum absolute atomic E-state index is 0.0692. The summed E-state index contributed by atoms with van der Waals surface area (Å²) in [4.78, 5) is 22.7.